The van der Waals surface area contributed by atoms with Gasteiger partial charge in [-0.15, -0.1) is 0 Å². The molecule has 134 valence electrons. The van der Waals surface area contributed by atoms with Gasteiger partial charge in [0, 0.05) is 18.0 Å². The summed E-state index contributed by atoms with van der Waals surface area (Å²) in [4.78, 5) is 14.8. The van der Waals surface area contributed by atoms with E-state index in [2.05, 4.69) is 30.5 Å². The van der Waals surface area contributed by atoms with E-state index in [1.54, 1.807) is 7.11 Å². The fourth-order valence-corrected chi connectivity index (χ4v) is 3.73. The van der Waals surface area contributed by atoms with Crippen molar-refractivity contribution in [1.82, 2.24) is 15.3 Å². The van der Waals surface area contributed by atoms with Crippen LogP contribution in [0.2, 0.25) is 0 Å². The summed E-state index contributed by atoms with van der Waals surface area (Å²) in [6.07, 6.45) is 4.53. The van der Waals surface area contributed by atoms with E-state index in [9.17, 15) is 4.79 Å². The molecule has 1 saturated heterocycles. The molecule has 0 saturated carbocycles. The lowest BCUT2D eigenvalue weighted by Gasteiger charge is -2.31. The molecule has 0 aromatic heterocycles. The van der Waals surface area contributed by atoms with Gasteiger partial charge in [-0.1, -0.05) is 48.0 Å². The number of methoxy groups -OCH3 is 1. The third-order valence-corrected chi connectivity index (χ3v) is 5.02. The molecular weight excluding hydrogens is 326 g/mol. The number of hydrogen-bond donors (Lipinski definition) is 1. The number of hydrazine groups is 1. The van der Waals surface area contributed by atoms with Gasteiger partial charge in [0.05, 0.1) is 19.7 Å². The van der Waals surface area contributed by atoms with Crippen molar-refractivity contribution in [3.63, 3.8) is 0 Å². The first-order valence-electron chi connectivity index (χ1n) is 8.87. The fourth-order valence-electron chi connectivity index (χ4n) is 3.73. The lowest BCUT2D eigenvalue weighted by Crippen LogP contribution is -2.47. The van der Waals surface area contributed by atoms with Gasteiger partial charge in [0.1, 0.15) is 11.8 Å². The molecule has 1 N–H and O–H groups in total. The quantitative estimate of drug-likeness (QED) is 0.921. The summed E-state index contributed by atoms with van der Waals surface area (Å²) in [6.45, 7) is 2.67. The average molecular weight is 349 g/mol. The molecule has 0 spiro atoms. The van der Waals surface area contributed by atoms with Crippen LogP contribution in [-0.2, 0) is 11.3 Å². The number of rotatable bonds is 4. The number of aryl methyl sites for hydroxylation is 1. The van der Waals surface area contributed by atoms with Crippen molar-refractivity contribution in [2.45, 2.75) is 32.0 Å². The summed E-state index contributed by atoms with van der Waals surface area (Å²) in [5, 5.41) is 1.92. The van der Waals surface area contributed by atoms with Crippen LogP contribution in [0, 0.1) is 6.92 Å². The van der Waals surface area contributed by atoms with Gasteiger partial charge in [0.25, 0.3) is 5.91 Å². The monoisotopic (exact) mass is 349 g/mol. The second kappa shape index (κ2) is 6.84. The standard InChI is InChI=1S/C21H23N3O2/c1-15-6-5-7-16(12-15)14-23-10-11-24-19(21(23)25)13-18(22-24)17-8-3-4-9-20(17)26-2/h3-12,18-19,22H,13-14H2,1-2H3. The highest BCUT2D eigenvalue weighted by molar-refractivity contribution is 5.84. The van der Waals surface area contributed by atoms with Gasteiger partial charge in [-0.25, -0.2) is 5.43 Å². The van der Waals surface area contributed by atoms with Gasteiger partial charge in [0.15, 0.2) is 0 Å². The van der Waals surface area contributed by atoms with E-state index in [-0.39, 0.29) is 18.0 Å². The molecule has 2 atom stereocenters. The summed E-state index contributed by atoms with van der Waals surface area (Å²) in [7, 11) is 1.68. The summed E-state index contributed by atoms with van der Waals surface area (Å²) >= 11 is 0. The van der Waals surface area contributed by atoms with Crippen molar-refractivity contribution in [3.8, 4) is 5.75 Å². The Balaban J connectivity index is 1.51. The van der Waals surface area contributed by atoms with Crippen LogP contribution in [0.4, 0.5) is 0 Å². The Kier molecular flexibility index (Phi) is 4.39. The molecule has 5 heteroatoms. The van der Waals surface area contributed by atoms with Gasteiger partial charge in [0.2, 0.25) is 0 Å². The van der Waals surface area contributed by atoms with Gasteiger partial charge >= 0.3 is 0 Å². The van der Waals surface area contributed by atoms with Crippen LogP contribution >= 0.6 is 0 Å². The van der Waals surface area contributed by atoms with E-state index < -0.39 is 0 Å². The zero-order valence-electron chi connectivity index (χ0n) is 15.1. The Labute approximate surface area is 153 Å². The van der Waals surface area contributed by atoms with Crippen molar-refractivity contribution in [2.24, 2.45) is 0 Å². The Morgan fingerprint density at radius 2 is 2.00 bits per heavy atom. The molecule has 4 rings (SSSR count). The Morgan fingerprint density at radius 3 is 2.81 bits per heavy atom. The molecule has 1 amide bonds. The van der Waals surface area contributed by atoms with Crippen LogP contribution in [0.5, 0.6) is 5.75 Å². The number of benzene rings is 2. The van der Waals surface area contributed by atoms with Crippen molar-refractivity contribution in [2.75, 3.05) is 7.11 Å². The second-order valence-electron chi connectivity index (χ2n) is 6.84. The van der Waals surface area contributed by atoms with E-state index in [4.69, 9.17) is 4.74 Å². The number of hydrogen-bond acceptors (Lipinski definition) is 4. The number of fused-ring (bicyclic) bond motifs is 1. The molecule has 2 aliphatic rings. The number of carbonyl (C=O) groups is 1. The fraction of sp³-hybridized carbons (Fsp3) is 0.286. The van der Waals surface area contributed by atoms with Crippen molar-refractivity contribution >= 4 is 5.91 Å². The highest BCUT2D eigenvalue weighted by Crippen LogP contribution is 2.35. The van der Waals surface area contributed by atoms with Gasteiger partial charge in [-0.05, 0) is 25.0 Å². The van der Waals surface area contributed by atoms with Gasteiger partial charge in [-0.2, -0.15) is 0 Å². The maximum atomic E-state index is 13.0. The van der Waals surface area contributed by atoms with E-state index in [1.165, 1.54) is 5.56 Å². The first-order chi connectivity index (χ1) is 12.7. The molecule has 2 aliphatic heterocycles. The molecule has 2 unspecified atom stereocenters. The van der Waals surface area contributed by atoms with Crippen LogP contribution in [0.25, 0.3) is 0 Å². The molecule has 0 radical (unpaired) electrons. The van der Waals surface area contributed by atoms with Crippen molar-refractivity contribution in [3.05, 3.63) is 77.6 Å². The number of amides is 1. The summed E-state index contributed by atoms with van der Waals surface area (Å²) < 4.78 is 5.48. The summed E-state index contributed by atoms with van der Waals surface area (Å²) in [5.74, 6) is 0.969. The molecular formula is C21H23N3O2. The first-order valence-corrected chi connectivity index (χ1v) is 8.87. The first kappa shape index (κ1) is 16.7. The Bertz CT molecular complexity index is 849. The molecule has 5 nitrogen and oxygen atoms in total. The minimum atomic E-state index is -0.195. The smallest absolute Gasteiger partial charge is 0.251 e. The SMILES string of the molecule is COc1ccccc1C1CC2C(=O)N(Cc3cccc(C)c3)C=CN2N1. The molecule has 1 fully saturated rings. The van der Waals surface area contributed by atoms with Crippen molar-refractivity contribution < 1.29 is 9.53 Å². The van der Waals surface area contributed by atoms with Crippen LogP contribution in [0.3, 0.4) is 0 Å². The molecule has 2 aromatic carbocycles. The lowest BCUT2D eigenvalue weighted by atomic mass is 10.00. The van der Waals surface area contributed by atoms with Crippen LogP contribution < -0.4 is 10.2 Å². The number of ether oxygens (including phenoxy) is 1. The number of carbonyl (C=O) groups excluding carboxylic acids is 1. The van der Waals surface area contributed by atoms with Crippen LogP contribution in [0.15, 0.2) is 60.9 Å². The molecule has 2 heterocycles. The van der Waals surface area contributed by atoms with E-state index in [0.717, 1.165) is 16.9 Å². The normalized spacial score (nSPS) is 21.8. The van der Waals surface area contributed by atoms with E-state index in [1.807, 2.05) is 52.6 Å². The number of nitrogens with one attached hydrogen (secondary N) is 1. The maximum Gasteiger partial charge on any atom is 0.251 e. The van der Waals surface area contributed by atoms with Crippen LogP contribution in [0.1, 0.15) is 29.2 Å². The molecule has 2 aromatic rings. The van der Waals surface area contributed by atoms with Crippen molar-refractivity contribution in [1.29, 1.82) is 0 Å². The molecule has 0 aliphatic carbocycles. The third kappa shape index (κ3) is 3.06. The Morgan fingerprint density at radius 1 is 1.15 bits per heavy atom. The zero-order chi connectivity index (χ0) is 18.1. The highest BCUT2D eigenvalue weighted by atomic mass is 16.5. The van der Waals surface area contributed by atoms with E-state index >= 15 is 0 Å². The zero-order valence-corrected chi connectivity index (χ0v) is 15.1. The lowest BCUT2D eigenvalue weighted by molar-refractivity contribution is -0.134. The van der Waals surface area contributed by atoms with Gasteiger partial charge < -0.3 is 14.6 Å². The topological polar surface area (TPSA) is 44.8 Å². The average Bonchev–Trinajstić information content (AvgIpc) is 3.09. The number of para-hydroxylation sites is 1. The molecule has 26 heavy (non-hydrogen) atoms. The second-order valence-corrected chi connectivity index (χ2v) is 6.84. The highest BCUT2D eigenvalue weighted by Gasteiger charge is 2.40. The maximum absolute atomic E-state index is 13.0. The van der Waals surface area contributed by atoms with Gasteiger partial charge in [-0.3, -0.25) is 4.79 Å². The Hall–Kier alpha value is -2.79. The predicted molar refractivity (Wildman–Crippen MR) is 100.0 cm³/mol. The minimum absolute atomic E-state index is 0.0590. The third-order valence-electron chi connectivity index (χ3n) is 5.02. The molecule has 0 bridgehead atoms. The largest absolute Gasteiger partial charge is 0.496 e. The summed E-state index contributed by atoms with van der Waals surface area (Å²) in [6, 6.07) is 16.1. The summed E-state index contributed by atoms with van der Waals surface area (Å²) in [5.41, 5.74) is 6.85. The predicted octanol–water partition coefficient (Wildman–Crippen LogP) is 3.14. The minimum Gasteiger partial charge on any atom is -0.496 e. The van der Waals surface area contributed by atoms with E-state index in [0.29, 0.717) is 13.0 Å². The number of nitrogens with zero attached hydrogens (tertiary/aromatic N) is 2. The van der Waals surface area contributed by atoms with Crippen LogP contribution in [-0.4, -0.2) is 29.0 Å².